The number of carbonyl (C=O) groups excluding carboxylic acids is 2. The molecule has 10 heteroatoms. The van der Waals surface area contributed by atoms with Crippen LogP contribution in [-0.2, 0) is 11.0 Å². The molecule has 1 aliphatic rings. The Bertz CT molecular complexity index is 1320. The second-order valence-electron chi connectivity index (χ2n) is 7.25. The van der Waals surface area contributed by atoms with Gasteiger partial charge in [-0.05, 0) is 66.2 Å². The van der Waals surface area contributed by atoms with Gasteiger partial charge in [0.2, 0.25) is 0 Å². The molecule has 3 aromatic carbocycles. The van der Waals surface area contributed by atoms with Crippen molar-refractivity contribution >= 4 is 51.9 Å². The smallest absolute Gasteiger partial charge is 0.416 e. The number of thiocarbonyl (C=S) groups is 1. The average molecular weight is 516 g/mol. The van der Waals surface area contributed by atoms with E-state index in [2.05, 4.69) is 0 Å². The van der Waals surface area contributed by atoms with Gasteiger partial charge < -0.3 is 9.47 Å². The van der Waals surface area contributed by atoms with Crippen molar-refractivity contribution in [2.24, 2.45) is 0 Å². The highest BCUT2D eigenvalue weighted by molar-refractivity contribution is 8.27. The number of thioether (sulfide) groups is 1. The van der Waals surface area contributed by atoms with Gasteiger partial charge >= 0.3 is 12.1 Å². The van der Waals surface area contributed by atoms with Crippen molar-refractivity contribution < 1.29 is 32.2 Å². The molecule has 1 saturated heterocycles. The molecule has 0 saturated carbocycles. The van der Waals surface area contributed by atoms with Crippen molar-refractivity contribution in [2.75, 3.05) is 12.0 Å². The number of hydrogen-bond acceptors (Lipinski definition) is 6. The third-order valence-corrected chi connectivity index (χ3v) is 6.24. The summed E-state index contributed by atoms with van der Waals surface area (Å²) in [6, 6.07) is 17.3. The number of esters is 1. The fourth-order valence-corrected chi connectivity index (χ4v) is 4.49. The molecule has 1 amide bonds. The van der Waals surface area contributed by atoms with E-state index in [4.69, 9.17) is 21.7 Å². The van der Waals surface area contributed by atoms with Crippen molar-refractivity contribution in [3.63, 3.8) is 0 Å². The number of anilines is 1. The van der Waals surface area contributed by atoms with Gasteiger partial charge in [0, 0.05) is 0 Å². The Morgan fingerprint density at radius 1 is 1.00 bits per heavy atom. The Balaban J connectivity index is 1.47. The highest BCUT2D eigenvalue weighted by Gasteiger charge is 2.36. The van der Waals surface area contributed by atoms with Gasteiger partial charge in [-0.3, -0.25) is 9.69 Å². The van der Waals surface area contributed by atoms with Crippen LogP contribution < -0.4 is 14.4 Å². The number of amides is 1. The van der Waals surface area contributed by atoms with E-state index >= 15 is 0 Å². The number of ether oxygens (including phenoxy) is 2. The predicted octanol–water partition coefficient (Wildman–Crippen LogP) is 6.34. The number of nitrogens with zero attached hydrogens (tertiary/aromatic N) is 1. The van der Waals surface area contributed by atoms with Crippen molar-refractivity contribution in [2.45, 2.75) is 6.18 Å². The van der Waals surface area contributed by atoms with Gasteiger partial charge in [-0.2, -0.15) is 13.2 Å². The lowest BCUT2D eigenvalue weighted by molar-refractivity contribution is -0.137. The second kappa shape index (κ2) is 9.93. The van der Waals surface area contributed by atoms with Gasteiger partial charge in [0.15, 0.2) is 4.32 Å². The van der Waals surface area contributed by atoms with E-state index < -0.39 is 23.6 Å². The van der Waals surface area contributed by atoms with E-state index in [0.29, 0.717) is 22.6 Å². The van der Waals surface area contributed by atoms with Crippen LogP contribution in [0.25, 0.3) is 6.08 Å². The van der Waals surface area contributed by atoms with Crippen LogP contribution in [0.4, 0.5) is 18.9 Å². The van der Waals surface area contributed by atoms with Crippen LogP contribution >= 0.6 is 24.0 Å². The lowest BCUT2D eigenvalue weighted by Crippen LogP contribution is -2.27. The number of benzene rings is 3. The fourth-order valence-electron chi connectivity index (χ4n) is 3.19. The Kier molecular flexibility index (Phi) is 6.95. The quantitative estimate of drug-likeness (QED) is 0.171. The van der Waals surface area contributed by atoms with Crippen LogP contribution in [0, 0.1) is 0 Å². The number of hydrogen-bond donors (Lipinski definition) is 0. The van der Waals surface area contributed by atoms with Gasteiger partial charge in [0.25, 0.3) is 5.91 Å². The number of alkyl halides is 3. The maximum absolute atomic E-state index is 13.1. The first-order valence-corrected chi connectivity index (χ1v) is 11.3. The Labute approximate surface area is 208 Å². The molecular weight excluding hydrogens is 499 g/mol. The van der Waals surface area contributed by atoms with E-state index in [0.717, 1.165) is 28.8 Å². The van der Waals surface area contributed by atoms with E-state index in [1.165, 1.54) is 19.2 Å². The zero-order chi connectivity index (χ0) is 25.2. The Morgan fingerprint density at radius 2 is 1.66 bits per heavy atom. The maximum atomic E-state index is 13.1. The number of carbonyl (C=O) groups is 2. The molecule has 178 valence electrons. The summed E-state index contributed by atoms with van der Waals surface area (Å²) in [4.78, 5) is 26.5. The molecule has 0 aliphatic carbocycles. The minimum atomic E-state index is -4.54. The molecule has 5 nitrogen and oxygen atoms in total. The predicted molar refractivity (Wildman–Crippen MR) is 131 cm³/mol. The molecule has 1 fully saturated rings. The number of methoxy groups -OCH3 is 1. The summed E-state index contributed by atoms with van der Waals surface area (Å²) < 4.78 is 49.7. The number of halogens is 3. The molecule has 4 rings (SSSR count). The summed E-state index contributed by atoms with van der Waals surface area (Å²) in [5, 5.41) is 0. The van der Waals surface area contributed by atoms with Crippen LogP contribution in [0.15, 0.2) is 77.7 Å². The first-order chi connectivity index (χ1) is 16.7. The van der Waals surface area contributed by atoms with Crippen molar-refractivity contribution in [3.05, 3.63) is 94.4 Å². The van der Waals surface area contributed by atoms with Crippen LogP contribution in [-0.4, -0.2) is 23.3 Å². The summed E-state index contributed by atoms with van der Waals surface area (Å²) >= 11 is 6.23. The molecule has 0 bridgehead atoms. The van der Waals surface area contributed by atoms with Crippen LogP contribution in [0.5, 0.6) is 11.5 Å². The highest BCUT2D eigenvalue weighted by atomic mass is 32.2. The third-order valence-electron chi connectivity index (χ3n) is 4.94. The molecular formula is C25H16F3NO4S2. The van der Waals surface area contributed by atoms with Crippen molar-refractivity contribution in [1.29, 1.82) is 0 Å². The van der Waals surface area contributed by atoms with E-state index in [-0.39, 0.29) is 14.9 Å². The molecule has 1 aliphatic heterocycles. The second-order valence-corrected chi connectivity index (χ2v) is 8.93. The largest absolute Gasteiger partial charge is 0.497 e. The molecule has 0 spiro atoms. The highest BCUT2D eigenvalue weighted by Crippen LogP contribution is 2.38. The summed E-state index contributed by atoms with van der Waals surface area (Å²) in [5.74, 6) is -0.138. The third kappa shape index (κ3) is 5.55. The molecule has 0 N–H and O–H groups in total. The number of rotatable bonds is 5. The molecule has 3 aromatic rings. The molecule has 0 atom stereocenters. The van der Waals surface area contributed by atoms with Gasteiger partial charge in [-0.25, -0.2) is 4.79 Å². The first kappa shape index (κ1) is 24.5. The lowest BCUT2D eigenvalue weighted by atomic mass is 10.1. The normalized spacial score (nSPS) is 15.0. The molecule has 0 unspecified atom stereocenters. The SMILES string of the molecule is COc1ccc(C(=O)Oc2ccc(/C=C3\SC(=S)N(c4cccc(C(F)(F)F)c4)C3=O)cc2)cc1. The van der Waals surface area contributed by atoms with Crippen molar-refractivity contribution in [1.82, 2.24) is 0 Å². The van der Waals surface area contributed by atoms with E-state index in [1.54, 1.807) is 54.6 Å². The fraction of sp³-hybridized carbons (Fsp3) is 0.0800. The Hall–Kier alpha value is -3.63. The standard InChI is InChI=1S/C25H16F3NO4S2/c1-32-19-11-7-16(8-12-19)23(31)33-20-9-5-15(6-10-20)13-21-22(30)29(24(34)35-21)18-4-2-3-17(14-18)25(26,27)28/h2-14H,1H3/b21-13-. The molecule has 0 radical (unpaired) electrons. The van der Waals surface area contributed by atoms with Crippen LogP contribution in [0.3, 0.4) is 0 Å². The Morgan fingerprint density at radius 3 is 2.29 bits per heavy atom. The van der Waals surface area contributed by atoms with Crippen LogP contribution in [0.2, 0.25) is 0 Å². The lowest BCUT2D eigenvalue weighted by Gasteiger charge is -2.16. The monoisotopic (exact) mass is 515 g/mol. The van der Waals surface area contributed by atoms with Gasteiger partial charge in [-0.1, -0.05) is 42.2 Å². The minimum Gasteiger partial charge on any atom is -0.497 e. The van der Waals surface area contributed by atoms with E-state index in [1.807, 2.05) is 0 Å². The summed E-state index contributed by atoms with van der Waals surface area (Å²) in [5.41, 5.74) is 0.159. The molecule has 1 heterocycles. The van der Waals surface area contributed by atoms with Crippen molar-refractivity contribution in [3.8, 4) is 11.5 Å². The zero-order valence-corrected chi connectivity index (χ0v) is 19.7. The topological polar surface area (TPSA) is 55.8 Å². The van der Waals surface area contributed by atoms with Gasteiger partial charge in [0.05, 0.1) is 28.8 Å². The molecule has 35 heavy (non-hydrogen) atoms. The van der Waals surface area contributed by atoms with Gasteiger partial charge in [0.1, 0.15) is 11.5 Å². The first-order valence-electron chi connectivity index (χ1n) is 10.1. The average Bonchev–Trinajstić information content (AvgIpc) is 3.12. The summed E-state index contributed by atoms with van der Waals surface area (Å²) in [7, 11) is 1.53. The molecule has 0 aromatic heterocycles. The maximum Gasteiger partial charge on any atom is 0.416 e. The van der Waals surface area contributed by atoms with E-state index in [9.17, 15) is 22.8 Å². The minimum absolute atomic E-state index is 0.0477. The summed E-state index contributed by atoms with van der Waals surface area (Å²) in [6.45, 7) is 0. The zero-order valence-electron chi connectivity index (χ0n) is 18.0. The van der Waals surface area contributed by atoms with Gasteiger partial charge in [-0.15, -0.1) is 0 Å². The van der Waals surface area contributed by atoms with Crippen LogP contribution in [0.1, 0.15) is 21.5 Å². The summed E-state index contributed by atoms with van der Waals surface area (Å²) in [6.07, 6.45) is -2.97.